The molecule has 0 aliphatic carbocycles. The maximum Gasteiger partial charge on any atom is 0.141 e. The Morgan fingerprint density at radius 1 is 1.11 bits per heavy atom. The molecule has 1 unspecified atom stereocenters. The number of halogens is 3. The van der Waals surface area contributed by atoms with E-state index in [4.69, 9.17) is 27.9 Å². The van der Waals surface area contributed by atoms with E-state index in [-0.39, 0.29) is 22.6 Å². The Hall–Kier alpha value is -3.75. The quantitative estimate of drug-likeness (QED) is 0.195. The summed E-state index contributed by atoms with van der Waals surface area (Å²) in [5.74, 6) is -0.530. The molecule has 1 saturated heterocycles. The first-order chi connectivity index (χ1) is 21.6. The molecule has 0 amide bonds. The molecule has 1 fully saturated rings. The van der Waals surface area contributed by atoms with Crippen molar-refractivity contribution in [1.29, 1.82) is 5.26 Å². The van der Waals surface area contributed by atoms with Crippen molar-refractivity contribution in [2.24, 2.45) is 0 Å². The summed E-state index contributed by atoms with van der Waals surface area (Å²) in [6.45, 7) is 9.94. The molecule has 2 aromatic carbocycles. The SMILES string of the molecule is CC(C)(C)N1CCC(n2cc(C(Nc3cc(Cl)c4ncc(C#N)c(Nc5ccc(F)c(Cl)c5)c4c3)C3=CCOCC3)nn2)CC1. The van der Waals surface area contributed by atoms with Crippen LogP contribution < -0.4 is 10.6 Å². The van der Waals surface area contributed by atoms with Crippen LogP contribution in [-0.2, 0) is 4.74 Å². The molecule has 2 aromatic heterocycles. The van der Waals surface area contributed by atoms with Crippen LogP contribution in [-0.4, -0.2) is 56.7 Å². The molecule has 4 heterocycles. The summed E-state index contributed by atoms with van der Waals surface area (Å²) in [6, 6.07) is 10.2. The molecule has 0 spiro atoms. The minimum Gasteiger partial charge on any atom is -0.377 e. The highest BCUT2D eigenvalue weighted by atomic mass is 35.5. The zero-order valence-electron chi connectivity index (χ0n) is 25.4. The summed E-state index contributed by atoms with van der Waals surface area (Å²) in [5, 5.41) is 27.0. The van der Waals surface area contributed by atoms with Gasteiger partial charge in [-0.05, 0) is 75.9 Å². The highest BCUT2D eigenvalue weighted by molar-refractivity contribution is 6.36. The Kier molecular flexibility index (Phi) is 8.98. The molecule has 2 aliphatic heterocycles. The molecule has 0 bridgehead atoms. The van der Waals surface area contributed by atoms with E-state index in [1.54, 1.807) is 6.07 Å². The van der Waals surface area contributed by atoms with Gasteiger partial charge in [-0.1, -0.05) is 34.5 Å². The molecule has 45 heavy (non-hydrogen) atoms. The molecule has 1 atom stereocenters. The van der Waals surface area contributed by atoms with Crippen LogP contribution in [0.15, 0.2) is 54.4 Å². The predicted octanol–water partition coefficient (Wildman–Crippen LogP) is 7.82. The molecule has 9 nitrogen and oxygen atoms in total. The number of nitriles is 1. The third-order valence-corrected chi connectivity index (χ3v) is 9.10. The van der Waals surface area contributed by atoms with Gasteiger partial charge in [-0.3, -0.25) is 9.88 Å². The molecule has 2 aliphatic rings. The molecule has 0 saturated carbocycles. The summed E-state index contributed by atoms with van der Waals surface area (Å²) in [6.07, 6.45) is 8.37. The van der Waals surface area contributed by atoms with E-state index in [0.29, 0.717) is 46.1 Å². The van der Waals surface area contributed by atoms with Crippen molar-refractivity contribution < 1.29 is 9.13 Å². The highest BCUT2D eigenvalue weighted by Gasteiger charge is 2.29. The summed E-state index contributed by atoms with van der Waals surface area (Å²) in [4.78, 5) is 6.98. The van der Waals surface area contributed by atoms with E-state index in [1.807, 2.05) is 16.8 Å². The van der Waals surface area contributed by atoms with Crippen LogP contribution in [0.1, 0.15) is 63.4 Å². The van der Waals surface area contributed by atoms with E-state index in [1.165, 1.54) is 18.3 Å². The Morgan fingerprint density at radius 3 is 2.58 bits per heavy atom. The van der Waals surface area contributed by atoms with E-state index >= 15 is 0 Å². The lowest BCUT2D eigenvalue weighted by Gasteiger charge is -2.40. The van der Waals surface area contributed by atoms with Crippen molar-refractivity contribution in [3.8, 4) is 6.07 Å². The first-order valence-electron chi connectivity index (χ1n) is 15.0. The Balaban J connectivity index is 1.33. The number of likely N-dealkylation sites (tertiary alicyclic amines) is 1. The van der Waals surface area contributed by atoms with Gasteiger partial charge in [0.1, 0.15) is 17.6 Å². The Bertz CT molecular complexity index is 1790. The topological polar surface area (TPSA) is 104 Å². The van der Waals surface area contributed by atoms with Gasteiger partial charge in [0.25, 0.3) is 0 Å². The van der Waals surface area contributed by atoms with Crippen LogP contribution in [0.3, 0.4) is 0 Å². The number of anilines is 3. The third-order valence-electron chi connectivity index (χ3n) is 8.53. The third kappa shape index (κ3) is 6.77. The molecule has 4 aromatic rings. The van der Waals surface area contributed by atoms with Gasteiger partial charge in [-0.2, -0.15) is 5.26 Å². The Labute approximate surface area is 272 Å². The van der Waals surface area contributed by atoms with Gasteiger partial charge >= 0.3 is 0 Å². The van der Waals surface area contributed by atoms with Crippen LogP contribution in [0.4, 0.5) is 21.5 Å². The van der Waals surface area contributed by atoms with Crippen molar-refractivity contribution >= 4 is 51.2 Å². The zero-order chi connectivity index (χ0) is 31.7. The maximum atomic E-state index is 13.8. The number of fused-ring (bicyclic) bond motifs is 1. The normalized spacial score (nSPS) is 17.1. The number of hydrogen-bond donors (Lipinski definition) is 2. The minimum absolute atomic E-state index is 0.0300. The first kappa shape index (κ1) is 31.2. The molecule has 6 rings (SSSR count). The second-order valence-corrected chi connectivity index (χ2v) is 13.3. The fourth-order valence-electron chi connectivity index (χ4n) is 6.01. The highest BCUT2D eigenvalue weighted by Crippen LogP contribution is 2.38. The zero-order valence-corrected chi connectivity index (χ0v) is 27.0. The van der Waals surface area contributed by atoms with E-state index in [2.05, 4.69) is 69.9 Å². The molecule has 234 valence electrons. The van der Waals surface area contributed by atoms with Gasteiger partial charge in [0, 0.05) is 41.6 Å². The maximum absolute atomic E-state index is 13.8. The van der Waals surface area contributed by atoms with Gasteiger partial charge < -0.3 is 15.4 Å². The largest absolute Gasteiger partial charge is 0.377 e. The molecule has 0 radical (unpaired) electrons. The number of pyridine rings is 1. The molecule has 2 N–H and O–H groups in total. The fraction of sp³-hybridized carbons (Fsp3) is 0.394. The fourth-order valence-corrected chi connectivity index (χ4v) is 6.46. The summed E-state index contributed by atoms with van der Waals surface area (Å²) in [5.41, 5.74) is 4.66. The van der Waals surface area contributed by atoms with Crippen molar-refractivity contribution in [3.05, 3.63) is 81.5 Å². The van der Waals surface area contributed by atoms with E-state index < -0.39 is 5.82 Å². The predicted molar refractivity (Wildman–Crippen MR) is 176 cm³/mol. The van der Waals surface area contributed by atoms with Crippen LogP contribution in [0.2, 0.25) is 10.0 Å². The number of nitrogens with one attached hydrogen (secondary N) is 2. The van der Waals surface area contributed by atoms with Crippen LogP contribution in [0.5, 0.6) is 0 Å². The second kappa shape index (κ2) is 12.9. The average Bonchev–Trinajstić information content (AvgIpc) is 3.52. The van der Waals surface area contributed by atoms with Crippen molar-refractivity contribution in [2.45, 2.75) is 57.7 Å². The van der Waals surface area contributed by atoms with Gasteiger partial charge in [0.05, 0.1) is 58.3 Å². The lowest BCUT2D eigenvalue weighted by Crippen LogP contribution is -2.46. The summed E-state index contributed by atoms with van der Waals surface area (Å²) in [7, 11) is 0. The average molecular weight is 650 g/mol. The number of rotatable bonds is 7. The number of piperidine rings is 1. The number of hydrogen-bond acceptors (Lipinski definition) is 8. The standard InChI is InChI=1S/C33H35Cl2FN8O/c1-33(2,3)43-10-6-24(7-11-43)44-19-29(41-42-44)31(20-8-12-45-13-9-20)40-23-14-25-30(39-22-4-5-28(36)26(34)15-22)21(17-37)18-38-32(25)27(35)16-23/h4-5,8,14-16,18-19,24,31,40H,6-7,9-13H2,1-3H3,(H,38,39). The monoisotopic (exact) mass is 648 g/mol. The smallest absolute Gasteiger partial charge is 0.141 e. The number of ether oxygens (including phenoxy) is 1. The molecular weight excluding hydrogens is 614 g/mol. The number of benzene rings is 2. The van der Waals surface area contributed by atoms with Crippen LogP contribution in [0, 0.1) is 17.1 Å². The van der Waals surface area contributed by atoms with Gasteiger partial charge in [-0.25, -0.2) is 9.07 Å². The number of nitrogens with zero attached hydrogens (tertiary/aromatic N) is 6. The van der Waals surface area contributed by atoms with Gasteiger partial charge in [0.2, 0.25) is 0 Å². The minimum atomic E-state index is -0.530. The number of aromatic nitrogens is 4. The van der Waals surface area contributed by atoms with Gasteiger partial charge in [0.15, 0.2) is 0 Å². The van der Waals surface area contributed by atoms with Crippen molar-refractivity contribution in [1.82, 2.24) is 24.9 Å². The lowest BCUT2D eigenvalue weighted by atomic mass is 9.97. The van der Waals surface area contributed by atoms with E-state index in [0.717, 1.165) is 49.3 Å². The van der Waals surface area contributed by atoms with E-state index in [9.17, 15) is 9.65 Å². The van der Waals surface area contributed by atoms with Crippen molar-refractivity contribution in [2.75, 3.05) is 36.9 Å². The van der Waals surface area contributed by atoms with Crippen molar-refractivity contribution in [3.63, 3.8) is 0 Å². The second-order valence-electron chi connectivity index (χ2n) is 12.5. The Morgan fingerprint density at radius 2 is 1.89 bits per heavy atom. The summed E-state index contributed by atoms with van der Waals surface area (Å²) >= 11 is 12.8. The summed E-state index contributed by atoms with van der Waals surface area (Å²) < 4.78 is 21.5. The van der Waals surface area contributed by atoms with Crippen LogP contribution in [0.25, 0.3) is 10.9 Å². The van der Waals surface area contributed by atoms with Gasteiger partial charge in [-0.15, -0.1) is 5.10 Å². The molecule has 12 heteroatoms. The van der Waals surface area contributed by atoms with Crippen LogP contribution >= 0.6 is 23.2 Å². The molecular formula is C33H35Cl2FN8O. The first-order valence-corrected chi connectivity index (χ1v) is 15.8. The lowest BCUT2D eigenvalue weighted by molar-refractivity contribution is 0.0866.